The molecule has 77 heavy (non-hydrogen) atoms. The van der Waals surface area contributed by atoms with Crippen LogP contribution in [0.25, 0.3) is 105 Å². The summed E-state index contributed by atoms with van der Waals surface area (Å²) in [6.45, 7) is 27.4. The Balaban J connectivity index is 1.42. The summed E-state index contributed by atoms with van der Waals surface area (Å²) in [5, 5.41) is 19.9. The molecule has 9 aromatic carbocycles. The van der Waals surface area contributed by atoms with Gasteiger partial charge in [0, 0.05) is 43.4 Å². The van der Waals surface area contributed by atoms with Gasteiger partial charge in [-0.05, 0) is 153 Å². The highest BCUT2D eigenvalue weighted by atomic mass is 15.1. The summed E-state index contributed by atoms with van der Waals surface area (Å²) in [5.41, 5.74) is 21.7. The van der Waals surface area contributed by atoms with Crippen LogP contribution in [0.3, 0.4) is 0 Å². The minimum absolute atomic E-state index is 0.327. The third-order valence-corrected chi connectivity index (χ3v) is 16.8. The van der Waals surface area contributed by atoms with Crippen molar-refractivity contribution in [3.05, 3.63) is 209 Å². The Kier molecular flexibility index (Phi) is 12.4. The number of nitrogens with zero attached hydrogens (tertiary/aromatic N) is 4. The maximum Gasteiger partial charge on any atom is 0.102 e. The second-order valence-corrected chi connectivity index (χ2v) is 23.6. The molecular weight excluding hydrogens is 933 g/mol. The number of fused-ring (bicyclic) bond motifs is 9. The molecule has 0 fully saturated rings. The zero-order chi connectivity index (χ0) is 53.7. The summed E-state index contributed by atoms with van der Waals surface area (Å²) < 4.78 is 7.53. The van der Waals surface area contributed by atoms with E-state index in [1.807, 2.05) is 0 Å². The highest BCUT2D eigenvalue weighted by molar-refractivity contribution is 6.16. The molecule has 3 heterocycles. The van der Waals surface area contributed by atoms with Crippen LogP contribution in [0.15, 0.2) is 170 Å². The Hall–Kier alpha value is -8.13. The van der Waals surface area contributed by atoms with Crippen molar-refractivity contribution in [2.24, 2.45) is 0 Å². The smallest absolute Gasteiger partial charge is 0.102 e. The van der Waals surface area contributed by atoms with Gasteiger partial charge < -0.3 is 13.7 Å². The summed E-state index contributed by atoms with van der Waals surface area (Å²) >= 11 is 0. The van der Waals surface area contributed by atoms with Gasteiger partial charge in [0.15, 0.2) is 0 Å². The lowest BCUT2D eigenvalue weighted by Crippen LogP contribution is -2.14. The van der Waals surface area contributed by atoms with E-state index in [0.29, 0.717) is 41.1 Å². The van der Waals surface area contributed by atoms with Gasteiger partial charge in [-0.1, -0.05) is 180 Å². The lowest BCUT2D eigenvalue weighted by Gasteiger charge is -2.29. The van der Waals surface area contributed by atoms with E-state index in [1.54, 1.807) is 0 Å². The Morgan fingerprint density at radius 2 is 0.532 bits per heavy atom. The highest BCUT2D eigenvalue weighted by Gasteiger charge is 2.34. The van der Waals surface area contributed by atoms with Gasteiger partial charge in [-0.15, -0.1) is 0 Å². The molecule has 0 N–H and O–H groups in total. The van der Waals surface area contributed by atoms with Gasteiger partial charge in [-0.2, -0.15) is 5.26 Å². The van der Waals surface area contributed by atoms with E-state index >= 15 is 0 Å². The van der Waals surface area contributed by atoms with Crippen molar-refractivity contribution >= 4 is 65.4 Å². The Bertz CT molecular complexity index is 4140. The van der Waals surface area contributed by atoms with Crippen LogP contribution in [0, 0.1) is 11.3 Å². The Morgan fingerprint density at radius 3 is 0.792 bits per heavy atom. The van der Waals surface area contributed by atoms with Crippen molar-refractivity contribution in [3.8, 4) is 45.4 Å². The molecule has 0 aliphatic rings. The van der Waals surface area contributed by atoms with E-state index < -0.39 is 0 Å². The predicted molar refractivity (Wildman–Crippen MR) is 330 cm³/mol. The maximum atomic E-state index is 12.7. The number of hydrogen-bond acceptors (Lipinski definition) is 1. The molecule has 0 amide bonds. The molecule has 0 unspecified atom stereocenters. The number of rotatable bonds is 11. The highest BCUT2D eigenvalue weighted by Crippen LogP contribution is 2.53. The van der Waals surface area contributed by atoms with Crippen LogP contribution in [-0.4, -0.2) is 13.7 Å². The van der Waals surface area contributed by atoms with E-state index in [9.17, 15) is 5.26 Å². The monoisotopic (exact) mass is 1000 g/mol. The molecule has 0 atom stereocenters. The Labute approximate surface area is 454 Å². The second-order valence-electron chi connectivity index (χ2n) is 23.6. The molecule has 4 heteroatoms. The van der Waals surface area contributed by atoms with Crippen molar-refractivity contribution in [1.82, 2.24) is 13.7 Å². The molecule has 0 saturated carbocycles. The minimum Gasteiger partial charge on any atom is -0.308 e. The first-order valence-electron chi connectivity index (χ1n) is 28.1. The van der Waals surface area contributed by atoms with Crippen molar-refractivity contribution in [1.29, 1.82) is 5.26 Å². The zero-order valence-electron chi connectivity index (χ0n) is 46.9. The fourth-order valence-corrected chi connectivity index (χ4v) is 12.3. The lowest BCUT2D eigenvalue weighted by atomic mass is 9.88. The van der Waals surface area contributed by atoms with Crippen LogP contribution in [0.4, 0.5) is 0 Å². The first kappa shape index (κ1) is 49.7. The minimum atomic E-state index is 0.327. The van der Waals surface area contributed by atoms with Crippen LogP contribution in [0.5, 0.6) is 0 Å². The van der Waals surface area contributed by atoms with Gasteiger partial charge in [-0.3, -0.25) is 0 Å². The van der Waals surface area contributed by atoms with E-state index in [2.05, 4.69) is 273 Å². The van der Waals surface area contributed by atoms with Crippen LogP contribution in [0.2, 0.25) is 0 Å². The third kappa shape index (κ3) is 8.00. The van der Waals surface area contributed by atoms with E-state index in [1.165, 1.54) is 65.7 Å². The summed E-state index contributed by atoms with van der Waals surface area (Å²) in [4.78, 5) is 0. The van der Waals surface area contributed by atoms with Gasteiger partial charge in [-0.25, -0.2) is 0 Å². The summed E-state index contributed by atoms with van der Waals surface area (Å²) in [5.74, 6) is 1.99. The topological polar surface area (TPSA) is 38.6 Å². The number of hydrogen-bond donors (Lipinski definition) is 0. The molecule has 382 valence electrons. The number of benzene rings is 9. The second kappa shape index (κ2) is 19.2. The first-order chi connectivity index (χ1) is 37.1. The number of nitriles is 1. The average molecular weight is 1000 g/mol. The van der Waals surface area contributed by atoms with Gasteiger partial charge in [0.2, 0.25) is 0 Å². The lowest BCUT2D eigenvalue weighted by molar-refractivity contribution is 0.868. The van der Waals surface area contributed by atoms with Crippen molar-refractivity contribution in [2.45, 2.75) is 119 Å². The average Bonchev–Trinajstić information content (AvgIpc) is 4.30. The number of aromatic nitrogens is 3. The quantitative estimate of drug-likeness (QED) is 0.127. The fourth-order valence-electron chi connectivity index (χ4n) is 12.3. The van der Waals surface area contributed by atoms with Crippen molar-refractivity contribution < 1.29 is 0 Å². The van der Waals surface area contributed by atoms with Crippen molar-refractivity contribution in [2.75, 3.05) is 0 Å². The van der Waals surface area contributed by atoms with Crippen LogP contribution >= 0.6 is 0 Å². The normalized spacial score (nSPS) is 12.3. The predicted octanol–water partition coefficient (Wildman–Crippen LogP) is 20.9. The van der Waals surface area contributed by atoms with Gasteiger partial charge in [0.1, 0.15) is 6.07 Å². The van der Waals surface area contributed by atoms with Gasteiger partial charge in [0.05, 0.1) is 55.7 Å². The van der Waals surface area contributed by atoms with Crippen molar-refractivity contribution in [3.63, 3.8) is 0 Å². The molecule has 0 spiro atoms. The van der Waals surface area contributed by atoms with Crippen LogP contribution in [-0.2, 0) is 0 Å². The molecule has 12 aromatic rings. The van der Waals surface area contributed by atoms with Gasteiger partial charge >= 0.3 is 0 Å². The van der Waals surface area contributed by atoms with Crippen LogP contribution in [0.1, 0.15) is 158 Å². The molecular formula is C73H70N4. The molecule has 0 saturated heterocycles. The standard InChI is InChI=1S/C73H70N4/c1-42(2)50-23-29-63-56(35-50)57-36-51(43(3)4)24-30-64(57)75(63)71-62(41-74)69(48-19-15-13-16-20-48)72(76-65-31-25-52(44(5)6)37-58(65)59-38-53(45(7)8)26-32-66(59)76)70(49-21-17-14-18-22-49)73(71)77-67-33-27-54(46(9)10)39-60(67)61-40-55(47(11)12)28-34-68(61)77/h13-40,42-47H,1-12H3. The molecule has 3 aromatic heterocycles. The molecule has 12 rings (SSSR count). The third-order valence-electron chi connectivity index (χ3n) is 16.8. The first-order valence-corrected chi connectivity index (χ1v) is 28.1. The summed E-state index contributed by atoms with van der Waals surface area (Å²) in [6, 6.07) is 67.3. The molecule has 0 radical (unpaired) electrons. The molecule has 0 aliphatic heterocycles. The maximum absolute atomic E-state index is 12.7. The fraction of sp³-hybridized carbons (Fsp3) is 0.247. The Morgan fingerprint density at radius 1 is 0.286 bits per heavy atom. The zero-order valence-corrected chi connectivity index (χ0v) is 46.9. The summed E-state index contributed by atoms with van der Waals surface area (Å²) in [6.07, 6.45) is 0. The van der Waals surface area contributed by atoms with E-state index in [-0.39, 0.29) is 0 Å². The van der Waals surface area contributed by atoms with Crippen LogP contribution < -0.4 is 0 Å². The van der Waals surface area contributed by atoms with E-state index in [0.717, 1.165) is 72.4 Å². The largest absolute Gasteiger partial charge is 0.308 e. The van der Waals surface area contributed by atoms with Gasteiger partial charge in [0.25, 0.3) is 0 Å². The molecule has 0 aliphatic carbocycles. The van der Waals surface area contributed by atoms with E-state index in [4.69, 9.17) is 0 Å². The summed E-state index contributed by atoms with van der Waals surface area (Å²) in [7, 11) is 0. The molecule has 0 bridgehead atoms. The SMILES string of the molecule is CC(C)c1ccc2c(c1)c1cc(C(C)C)ccc1n2-c1c(-c2ccccc2)c(C#N)c(-n2c3ccc(C(C)C)cc3c3cc(C(C)C)ccc32)c(-n2c3ccc(C(C)C)cc3c3cc(C(C)C)ccc32)c1-c1ccccc1. The molecule has 4 nitrogen and oxygen atoms in total.